The molecule has 1 aliphatic heterocycles. The van der Waals surface area contributed by atoms with Crippen molar-refractivity contribution >= 4 is 5.91 Å². The van der Waals surface area contributed by atoms with E-state index in [-0.39, 0.29) is 23.3 Å². The Balaban J connectivity index is 2.04. The summed E-state index contributed by atoms with van der Waals surface area (Å²) >= 11 is 0. The molecule has 3 nitrogen and oxygen atoms in total. The van der Waals surface area contributed by atoms with Crippen LogP contribution in [0.25, 0.3) is 0 Å². The Bertz CT molecular complexity index is 499. The van der Waals surface area contributed by atoms with Gasteiger partial charge in [0.25, 0.3) is 5.91 Å². The summed E-state index contributed by atoms with van der Waals surface area (Å²) in [6, 6.07) is 8.00. The normalized spacial score (nSPS) is 18.3. The van der Waals surface area contributed by atoms with E-state index >= 15 is 0 Å². The number of carbonyl (C=O) groups excluding carboxylic acids is 1. The van der Waals surface area contributed by atoms with Crippen LogP contribution in [-0.2, 0) is 5.41 Å². The highest BCUT2D eigenvalue weighted by molar-refractivity contribution is 5.94. The summed E-state index contributed by atoms with van der Waals surface area (Å²) < 4.78 is 0. The second-order valence-corrected chi connectivity index (χ2v) is 7.63. The van der Waals surface area contributed by atoms with E-state index < -0.39 is 0 Å². The molecule has 122 valence electrons. The zero-order valence-electron chi connectivity index (χ0n) is 14.4. The van der Waals surface area contributed by atoms with Crippen molar-refractivity contribution in [1.29, 1.82) is 0 Å². The minimum atomic E-state index is 0.0207. The van der Waals surface area contributed by atoms with Gasteiger partial charge in [-0.15, -0.1) is 0 Å². The van der Waals surface area contributed by atoms with Crippen LogP contribution in [0, 0.1) is 5.41 Å². The smallest absolute Gasteiger partial charge is 0.253 e. The number of piperidine rings is 1. The maximum absolute atomic E-state index is 12.6. The summed E-state index contributed by atoms with van der Waals surface area (Å²) in [6.45, 7) is 10.4. The first-order valence-corrected chi connectivity index (χ1v) is 8.32. The quantitative estimate of drug-likeness (QED) is 0.926. The van der Waals surface area contributed by atoms with Crippen LogP contribution in [0.5, 0.6) is 0 Å². The lowest BCUT2D eigenvalue weighted by Crippen LogP contribution is -2.44. The third-order valence-corrected chi connectivity index (χ3v) is 5.19. The molecule has 0 atom stereocenters. The summed E-state index contributed by atoms with van der Waals surface area (Å²) in [5, 5.41) is 9.59. The molecule has 0 bridgehead atoms. The molecule has 0 spiro atoms. The number of hydrogen-bond acceptors (Lipinski definition) is 2. The fourth-order valence-corrected chi connectivity index (χ4v) is 3.10. The molecule has 1 N–H and O–H groups in total. The molecule has 2 rings (SSSR count). The molecule has 3 heteroatoms. The average Bonchev–Trinajstić information content (AvgIpc) is 2.53. The lowest BCUT2D eigenvalue weighted by atomic mass is 9.77. The van der Waals surface area contributed by atoms with E-state index in [0.717, 1.165) is 37.9 Å². The molecule has 1 fully saturated rings. The molecular weight excluding hydrogens is 274 g/mol. The molecule has 1 heterocycles. The number of aliphatic hydroxyl groups excluding tert-OH is 1. The number of hydrogen-bond donors (Lipinski definition) is 1. The highest BCUT2D eigenvalue weighted by Gasteiger charge is 2.34. The van der Waals surface area contributed by atoms with E-state index in [2.05, 4.69) is 39.8 Å². The molecular formula is C19H29NO2. The van der Waals surface area contributed by atoms with Gasteiger partial charge in [0.05, 0.1) is 0 Å². The number of likely N-dealkylation sites (tertiary alicyclic amines) is 1. The largest absolute Gasteiger partial charge is 0.396 e. The van der Waals surface area contributed by atoms with Gasteiger partial charge in [-0.25, -0.2) is 0 Å². The maximum atomic E-state index is 12.6. The minimum absolute atomic E-state index is 0.0207. The van der Waals surface area contributed by atoms with Gasteiger partial charge in [0, 0.05) is 25.3 Å². The van der Waals surface area contributed by atoms with E-state index in [0.29, 0.717) is 0 Å². The van der Waals surface area contributed by atoms with Crippen molar-refractivity contribution < 1.29 is 9.90 Å². The van der Waals surface area contributed by atoms with Crippen molar-refractivity contribution in [3.63, 3.8) is 0 Å². The maximum Gasteiger partial charge on any atom is 0.253 e. The summed E-state index contributed by atoms with van der Waals surface area (Å²) in [6.07, 6.45) is 2.77. The molecule has 0 aromatic heterocycles. The summed E-state index contributed by atoms with van der Waals surface area (Å²) in [4.78, 5) is 14.5. The molecule has 1 aromatic carbocycles. The fraction of sp³-hybridized carbons (Fsp3) is 0.632. The second-order valence-electron chi connectivity index (χ2n) is 7.63. The fourth-order valence-electron chi connectivity index (χ4n) is 3.10. The number of rotatable bonds is 3. The summed E-state index contributed by atoms with van der Waals surface area (Å²) in [7, 11) is 0. The Morgan fingerprint density at radius 1 is 1.18 bits per heavy atom. The Hall–Kier alpha value is -1.35. The number of carbonyl (C=O) groups is 1. The molecule has 1 saturated heterocycles. The van der Waals surface area contributed by atoms with Gasteiger partial charge in [-0.05, 0) is 47.8 Å². The van der Waals surface area contributed by atoms with Crippen molar-refractivity contribution in [2.24, 2.45) is 5.41 Å². The minimum Gasteiger partial charge on any atom is -0.396 e. The predicted molar refractivity (Wildman–Crippen MR) is 90.1 cm³/mol. The zero-order chi connectivity index (χ0) is 16.4. The molecule has 1 aliphatic rings. The van der Waals surface area contributed by atoms with Crippen molar-refractivity contribution in [3.8, 4) is 0 Å². The van der Waals surface area contributed by atoms with Gasteiger partial charge in [0.2, 0.25) is 0 Å². The number of benzene rings is 1. The van der Waals surface area contributed by atoms with Crippen LogP contribution < -0.4 is 0 Å². The van der Waals surface area contributed by atoms with E-state index in [1.807, 2.05) is 17.0 Å². The summed E-state index contributed by atoms with van der Waals surface area (Å²) in [5.41, 5.74) is 2.13. The molecule has 1 amide bonds. The third kappa shape index (κ3) is 3.52. The SMILES string of the molecule is CCC1(CO)CCN(C(=O)c2ccc(C(C)(C)C)cc2)CC1. The van der Waals surface area contributed by atoms with E-state index in [4.69, 9.17) is 0 Å². The first-order valence-electron chi connectivity index (χ1n) is 8.32. The average molecular weight is 303 g/mol. The Morgan fingerprint density at radius 3 is 2.14 bits per heavy atom. The van der Waals surface area contributed by atoms with Gasteiger partial charge in [-0.2, -0.15) is 0 Å². The third-order valence-electron chi connectivity index (χ3n) is 5.19. The molecule has 0 aliphatic carbocycles. The van der Waals surface area contributed by atoms with Gasteiger partial charge in [0.15, 0.2) is 0 Å². The van der Waals surface area contributed by atoms with Crippen LogP contribution in [0.2, 0.25) is 0 Å². The molecule has 22 heavy (non-hydrogen) atoms. The Labute approximate surface area is 134 Å². The zero-order valence-corrected chi connectivity index (χ0v) is 14.4. The van der Waals surface area contributed by atoms with E-state index in [9.17, 15) is 9.90 Å². The van der Waals surface area contributed by atoms with Gasteiger partial charge in [-0.3, -0.25) is 4.79 Å². The highest BCUT2D eigenvalue weighted by Crippen LogP contribution is 2.34. The van der Waals surface area contributed by atoms with Crippen molar-refractivity contribution in [2.75, 3.05) is 19.7 Å². The molecule has 0 saturated carbocycles. The van der Waals surface area contributed by atoms with Crippen LogP contribution in [-0.4, -0.2) is 35.6 Å². The van der Waals surface area contributed by atoms with Gasteiger partial charge in [-0.1, -0.05) is 39.8 Å². The standard InChI is InChI=1S/C19H29NO2/c1-5-19(14-21)10-12-20(13-11-19)17(22)15-6-8-16(9-7-15)18(2,3)4/h6-9,21H,5,10-14H2,1-4H3. The van der Waals surface area contributed by atoms with Crippen molar-refractivity contribution in [2.45, 2.75) is 52.4 Å². The lowest BCUT2D eigenvalue weighted by Gasteiger charge is -2.40. The van der Waals surface area contributed by atoms with E-state index in [1.165, 1.54) is 5.56 Å². The van der Waals surface area contributed by atoms with Gasteiger partial charge < -0.3 is 10.0 Å². The predicted octanol–water partition coefficient (Wildman–Crippen LogP) is 3.61. The van der Waals surface area contributed by atoms with Crippen LogP contribution in [0.1, 0.15) is 62.9 Å². The van der Waals surface area contributed by atoms with E-state index in [1.54, 1.807) is 0 Å². The lowest BCUT2D eigenvalue weighted by molar-refractivity contribution is 0.0338. The van der Waals surface area contributed by atoms with Gasteiger partial charge >= 0.3 is 0 Å². The number of amides is 1. The van der Waals surface area contributed by atoms with Crippen molar-refractivity contribution in [3.05, 3.63) is 35.4 Å². The topological polar surface area (TPSA) is 40.5 Å². The monoisotopic (exact) mass is 303 g/mol. The summed E-state index contributed by atoms with van der Waals surface area (Å²) in [5.74, 6) is 0.114. The number of nitrogens with zero attached hydrogens (tertiary/aromatic N) is 1. The van der Waals surface area contributed by atoms with Crippen LogP contribution >= 0.6 is 0 Å². The van der Waals surface area contributed by atoms with Crippen LogP contribution in [0.3, 0.4) is 0 Å². The highest BCUT2D eigenvalue weighted by atomic mass is 16.3. The van der Waals surface area contributed by atoms with Crippen LogP contribution in [0.4, 0.5) is 0 Å². The van der Waals surface area contributed by atoms with Crippen molar-refractivity contribution in [1.82, 2.24) is 4.90 Å². The molecule has 0 radical (unpaired) electrons. The Kier molecular flexibility index (Phi) is 4.96. The second kappa shape index (κ2) is 6.41. The first kappa shape index (κ1) is 17.0. The number of aliphatic hydroxyl groups is 1. The van der Waals surface area contributed by atoms with Crippen LogP contribution in [0.15, 0.2) is 24.3 Å². The van der Waals surface area contributed by atoms with Gasteiger partial charge in [0.1, 0.15) is 0 Å². The Morgan fingerprint density at radius 2 is 1.73 bits per heavy atom. The molecule has 1 aromatic rings. The first-order chi connectivity index (χ1) is 10.3. The molecule has 0 unspecified atom stereocenters.